The SMILES string of the molecule is CC(C)(N)CSC1CCCCC1N. The van der Waals surface area contributed by atoms with Gasteiger partial charge >= 0.3 is 0 Å². The van der Waals surface area contributed by atoms with E-state index in [0.717, 1.165) is 5.75 Å². The van der Waals surface area contributed by atoms with Gasteiger partial charge in [-0.05, 0) is 26.7 Å². The van der Waals surface area contributed by atoms with E-state index in [1.807, 2.05) is 11.8 Å². The molecule has 78 valence electrons. The van der Waals surface area contributed by atoms with Gasteiger partial charge in [-0.3, -0.25) is 0 Å². The molecule has 1 fully saturated rings. The monoisotopic (exact) mass is 202 g/mol. The highest BCUT2D eigenvalue weighted by Gasteiger charge is 2.24. The van der Waals surface area contributed by atoms with Crippen molar-refractivity contribution in [3.8, 4) is 0 Å². The van der Waals surface area contributed by atoms with Crippen LogP contribution in [0.15, 0.2) is 0 Å². The fourth-order valence-corrected chi connectivity index (χ4v) is 3.01. The van der Waals surface area contributed by atoms with Crippen LogP contribution in [0.5, 0.6) is 0 Å². The van der Waals surface area contributed by atoms with Gasteiger partial charge < -0.3 is 11.5 Å². The molecule has 2 atom stereocenters. The Hall–Kier alpha value is 0.270. The second-order valence-corrected chi connectivity index (χ2v) is 6.01. The summed E-state index contributed by atoms with van der Waals surface area (Å²) in [4.78, 5) is 0. The van der Waals surface area contributed by atoms with Crippen molar-refractivity contribution in [2.45, 2.75) is 56.4 Å². The zero-order valence-corrected chi connectivity index (χ0v) is 9.57. The molecule has 0 radical (unpaired) electrons. The Morgan fingerprint density at radius 2 is 1.92 bits per heavy atom. The van der Waals surface area contributed by atoms with E-state index in [2.05, 4.69) is 13.8 Å². The van der Waals surface area contributed by atoms with E-state index >= 15 is 0 Å². The number of nitrogens with two attached hydrogens (primary N) is 2. The smallest absolute Gasteiger partial charge is 0.0199 e. The van der Waals surface area contributed by atoms with E-state index in [1.54, 1.807) is 0 Å². The van der Waals surface area contributed by atoms with Gasteiger partial charge in [0.1, 0.15) is 0 Å². The fourth-order valence-electron chi connectivity index (χ4n) is 1.65. The lowest BCUT2D eigenvalue weighted by molar-refractivity contribution is 0.452. The predicted octanol–water partition coefficient (Wildman–Crippen LogP) is 1.73. The van der Waals surface area contributed by atoms with E-state index in [-0.39, 0.29) is 5.54 Å². The quantitative estimate of drug-likeness (QED) is 0.733. The highest BCUT2D eigenvalue weighted by atomic mass is 32.2. The van der Waals surface area contributed by atoms with E-state index in [9.17, 15) is 0 Å². The number of hydrogen-bond acceptors (Lipinski definition) is 3. The second kappa shape index (κ2) is 4.67. The topological polar surface area (TPSA) is 52.0 Å². The minimum Gasteiger partial charge on any atom is -0.327 e. The molecule has 13 heavy (non-hydrogen) atoms. The molecule has 0 amide bonds. The van der Waals surface area contributed by atoms with Crippen molar-refractivity contribution in [3.63, 3.8) is 0 Å². The first kappa shape index (κ1) is 11.3. The maximum absolute atomic E-state index is 6.05. The van der Waals surface area contributed by atoms with Gasteiger partial charge in [0, 0.05) is 22.6 Å². The summed E-state index contributed by atoms with van der Waals surface area (Å²) < 4.78 is 0. The summed E-state index contributed by atoms with van der Waals surface area (Å²) in [5.41, 5.74) is 11.9. The molecule has 0 heterocycles. The highest BCUT2D eigenvalue weighted by molar-refractivity contribution is 8.00. The Labute approximate surface area is 85.8 Å². The van der Waals surface area contributed by atoms with Crippen LogP contribution in [-0.2, 0) is 0 Å². The van der Waals surface area contributed by atoms with Crippen LogP contribution in [0, 0.1) is 0 Å². The van der Waals surface area contributed by atoms with Crippen molar-refractivity contribution < 1.29 is 0 Å². The van der Waals surface area contributed by atoms with Gasteiger partial charge in [-0.2, -0.15) is 11.8 Å². The van der Waals surface area contributed by atoms with Crippen LogP contribution in [0.3, 0.4) is 0 Å². The van der Waals surface area contributed by atoms with Gasteiger partial charge in [0.05, 0.1) is 0 Å². The van der Waals surface area contributed by atoms with Crippen LogP contribution in [0.2, 0.25) is 0 Å². The molecule has 0 aliphatic heterocycles. The lowest BCUT2D eigenvalue weighted by Crippen LogP contribution is -2.40. The molecule has 1 rings (SSSR count). The van der Waals surface area contributed by atoms with Gasteiger partial charge in [0.2, 0.25) is 0 Å². The minimum atomic E-state index is -0.0537. The molecule has 2 nitrogen and oxygen atoms in total. The van der Waals surface area contributed by atoms with Crippen LogP contribution in [0.4, 0.5) is 0 Å². The Morgan fingerprint density at radius 3 is 2.46 bits per heavy atom. The van der Waals surface area contributed by atoms with Crippen LogP contribution in [0.25, 0.3) is 0 Å². The second-order valence-electron chi connectivity index (χ2n) is 4.79. The normalized spacial score (nSPS) is 30.5. The first-order valence-corrected chi connectivity index (χ1v) is 6.20. The van der Waals surface area contributed by atoms with Gasteiger partial charge in [-0.25, -0.2) is 0 Å². The minimum absolute atomic E-state index is 0.0537. The fraction of sp³-hybridized carbons (Fsp3) is 1.00. The summed E-state index contributed by atoms with van der Waals surface area (Å²) in [6.45, 7) is 4.16. The third kappa shape index (κ3) is 4.34. The molecule has 0 saturated heterocycles. The summed E-state index contributed by atoms with van der Waals surface area (Å²) in [7, 11) is 0. The van der Waals surface area contributed by atoms with Crippen molar-refractivity contribution in [1.82, 2.24) is 0 Å². The molecule has 0 aromatic rings. The zero-order chi connectivity index (χ0) is 9.90. The maximum Gasteiger partial charge on any atom is 0.0199 e. The summed E-state index contributed by atoms with van der Waals surface area (Å²) in [5, 5.41) is 0.650. The van der Waals surface area contributed by atoms with Crippen molar-refractivity contribution in [1.29, 1.82) is 0 Å². The van der Waals surface area contributed by atoms with Crippen LogP contribution in [0.1, 0.15) is 39.5 Å². The van der Waals surface area contributed by atoms with E-state index in [4.69, 9.17) is 11.5 Å². The lowest BCUT2D eigenvalue weighted by Gasteiger charge is -2.30. The molecule has 1 aliphatic carbocycles. The molecule has 1 aliphatic rings. The summed E-state index contributed by atoms with van der Waals surface area (Å²) in [6, 6.07) is 0.404. The molecular weight excluding hydrogens is 180 g/mol. The van der Waals surface area contributed by atoms with Crippen molar-refractivity contribution in [3.05, 3.63) is 0 Å². The van der Waals surface area contributed by atoms with Crippen molar-refractivity contribution in [2.75, 3.05) is 5.75 Å². The summed E-state index contributed by atoms with van der Waals surface area (Å²) >= 11 is 1.96. The molecule has 0 aromatic carbocycles. The Balaban J connectivity index is 2.27. The molecule has 1 saturated carbocycles. The first-order valence-electron chi connectivity index (χ1n) is 5.15. The van der Waals surface area contributed by atoms with Gasteiger partial charge in [-0.15, -0.1) is 0 Å². The Bertz CT molecular complexity index is 153. The van der Waals surface area contributed by atoms with E-state index < -0.39 is 0 Å². The van der Waals surface area contributed by atoms with E-state index in [0.29, 0.717) is 11.3 Å². The lowest BCUT2D eigenvalue weighted by atomic mass is 9.96. The highest BCUT2D eigenvalue weighted by Crippen LogP contribution is 2.29. The summed E-state index contributed by atoms with van der Waals surface area (Å²) in [5.74, 6) is 1.02. The predicted molar refractivity (Wildman–Crippen MR) is 61.0 cm³/mol. The van der Waals surface area contributed by atoms with Crippen LogP contribution in [-0.4, -0.2) is 22.6 Å². The third-order valence-corrected chi connectivity index (χ3v) is 4.35. The van der Waals surface area contributed by atoms with Crippen molar-refractivity contribution in [2.24, 2.45) is 11.5 Å². The van der Waals surface area contributed by atoms with Crippen LogP contribution < -0.4 is 11.5 Å². The van der Waals surface area contributed by atoms with Gasteiger partial charge in [0.25, 0.3) is 0 Å². The van der Waals surface area contributed by atoms with Crippen LogP contribution >= 0.6 is 11.8 Å². The molecule has 2 unspecified atom stereocenters. The maximum atomic E-state index is 6.05. The first-order chi connectivity index (χ1) is 5.99. The average Bonchev–Trinajstić information content (AvgIpc) is 2.01. The number of rotatable bonds is 3. The largest absolute Gasteiger partial charge is 0.327 e. The van der Waals surface area contributed by atoms with Gasteiger partial charge in [0.15, 0.2) is 0 Å². The molecule has 4 N–H and O–H groups in total. The average molecular weight is 202 g/mol. The summed E-state index contributed by atoms with van der Waals surface area (Å²) in [6.07, 6.45) is 5.13. The zero-order valence-electron chi connectivity index (χ0n) is 8.75. The third-order valence-electron chi connectivity index (χ3n) is 2.42. The van der Waals surface area contributed by atoms with Gasteiger partial charge in [-0.1, -0.05) is 12.8 Å². The van der Waals surface area contributed by atoms with Crippen molar-refractivity contribution >= 4 is 11.8 Å². The van der Waals surface area contributed by atoms with E-state index in [1.165, 1.54) is 25.7 Å². The number of hydrogen-bond donors (Lipinski definition) is 2. The Kier molecular flexibility index (Phi) is 4.07. The Morgan fingerprint density at radius 1 is 1.31 bits per heavy atom. The number of thioether (sulfide) groups is 1. The molecule has 3 heteroatoms. The molecular formula is C10H22N2S. The molecule has 0 aromatic heterocycles. The standard InChI is InChI=1S/C10H22N2S/c1-10(2,12)7-13-9-6-4-3-5-8(9)11/h8-9H,3-7,11-12H2,1-2H3. The molecule has 0 spiro atoms. The molecule has 0 bridgehead atoms.